The van der Waals surface area contributed by atoms with E-state index in [-0.39, 0.29) is 24.4 Å². The third-order valence-electron chi connectivity index (χ3n) is 5.54. The first-order valence-corrected chi connectivity index (χ1v) is 8.90. The fraction of sp³-hybridized carbons (Fsp3) is 0.611. The van der Waals surface area contributed by atoms with Gasteiger partial charge in [0.05, 0.1) is 6.04 Å². The Morgan fingerprint density at radius 1 is 1.16 bits per heavy atom. The van der Waals surface area contributed by atoms with Crippen molar-refractivity contribution < 1.29 is 13.6 Å². The Labute approximate surface area is 145 Å². The van der Waals surface area contributed by atoms with Crippen LogP contribution < -0.4 is 0 Å². The number of nitrogens with zero attached hydrogens (tertiary/aromatic N) is 4. The van der Waals surface area contributed by atoms with E-state index in [4.69, 9.17) is 0 Å². The summed E-state index contributed by atoms with van der Waals surface area (Å²) in [5.74, 6) is 0.128. The van der Waals surface area contributed by atoms with E-state index in [0.29, 0.717) is 38.3 Å². The molecule has 3 aliphatic rings. The molecular weight excluding hydrogens is 326 g/mol. The van der Waals surface area contributed by atoms with Crippen molar-refractivity contribution >= 4 is 12.2 Å². The predicted octanol–water partition coefficient (Wildman–Crippen LogP) is 3.14. The highest BCUT2D eigenvalue weighted by Gasteiger charge is 2.43. The van der Waals surface area contributed by atoms with E-state index >= 15 is 0 Å². The normalized spacial score (nSPS) is 32.7. The zero-order chi connectivity index (χ0) is 17.4. The van der Waals surface area contributed by atoms with Crippen molar-refractivity contribution in [1.29, 1.82) is 0 Å². The summed E-state index contributed by atoms with van der Waals surface area (Å²) in [6.45, 7) is 1.26. The Kier molecular flexibility index (Phi) is 4.39. The van der Waals surface area contributed by atoms with E-state index in [0.717, 1.165) is 5.56 Å². The topological polar surface area (TPSA) is 48.8 Å². The number of carbonyl (C=O) groups is 1. The van der Waals surface area contributed by atoms with Crippen molar-refractivity contribution in [2.24, 2.45) is 11.0 Å². The van der Waals surface area contributed by atoms with Crippen LogP contribution in [-0.2, 0) is 0 Å². The summed E-state index contributed by atoms with van der Waals surface area (Å²) in [5.41, 5.74) is 1.13. The summed E-state index contributed by atoms with van der Waals surface area (Å²) in [7, 11) is 0. The van der Waals surface area contributed by atoms with Gasteiger partial charge in [0.1, 0.15) is 12.3 Å². The molecule has 3 heterocycles. The fourth-order valence-corrected chi connectivity index (χ4v) is 4.16. The van der Waals surface area contributed by atoms with Crippen molar-refractivity contribution in [2.45, 2.75) is 50.0 Å². The van der Waals surface area contributed by atoms with E-state index in [1.807, 2.05) is 18.3 Å². The number of aromatic nitrogens is 1. The second-order valence-corrected chi connectivity index (χ2v) is 7.28. The average molecular weight is 348 g/mol. The van der Waals surface area contributed by atoms with E-state index in [9.17, 15) is 13.6 Å². The second kappa shape index (κ2) is 6.69. The van der Waals surface area contributed by atoms with E-state index < -0.39 is 12.3 Å². The second-order valence-electron chi connectivity index (χ2n) is 7.28. The first-order chi connectivity index (χ1) is 12.1. The molecule has 5 nitrogen and oxygen atoms in total. The lowest BCUT2D eigenvalue weighted by atomic mass is 9.81. The number of rotatable bonds is 2. The maximum Gasteiger partial charge on any atom is 0.340 e. The monoisotopic (exact) mass is 348 g/mol. The van der Waals surface area contributed by atoms with E-state index in [2.05, 4.69) is 10.1 Å². The highest BCUT2D eigenvalue weighted by atomic mass is 19.1. The van der Waals surface area contributed by atoms with Crippen LogP contribution in [0.2, 0.25) is 0 Å². The molecule has 1 saturated heterocycles. The summed E-state index contributed by atoms with van der Waals surface area (Å²) in [6, 6.07) is 3.53. The number of hydrazone groups is 1. The average Bonchev–Trinajstić information content (AvgIpc) is 3.03. The van der Waals surface area contributed by atoms with Crippen molar-refractivity contribution in [3.63, 3.8) is 0 Å². The number of urea groups is 1. The molecule has 2 aliphatic heterocycles. The van der Waals surface area contributed by atoms with Gasteiger partial charge in [0.15, 0.2) is 0 Å². The Balaban J connectivity index is 1.38. The number of likely N-dealkylation sites (tertiary alicyclic amines) is 1. The molecule has 1 aromatic heterocycles. The van der Waals surface area contributed by atoms with Crippen molar-refractivity contribution in [2.75, 3.05) is 13.1 Å². The summed E-state index contributed by atoms with van der Waals surface area (Å²) >= 11 is 0. The van der Waals surface area contributed by atoms with Crippen LogP contribution in [-0.4, -0.2) is 58.6 Å². The molecule has 1 aliphatic carbocycles. The summed E-state index contributed by atoms with van der Waals surface area (Å²) in [6.07, 6.45) is 4.20. The molecule has 2 amide bonds. The van der Waals surface area contributed by atoms with Crippen LogP contribution in [0.25, 0.3) is 0 Å². The lowest BCUT2D eigenvalue weighted by Crippen LogP contribution is -2.55. The molecule has 0 aromatic carbocycles. The van der Waals surface area contributed by atoms with Gasteiger partial charge in [-0.2, -0.15) is 5.10 Å². The molecule has 7 heteroatoms. The van der Waals surface area contributed by atoms with Crippen molar-refractivity contribution in [3.8, 4) is 0 Å². The number of pyridine rings is 1. The molecule has 4 rings (SSSR count). The van der Waals surface area contributed by atoms with Crippen LogP contribution in [0.1, 0.15) is 37.2 Å². The molecule has 1 saturated carbocycles. The molecule has 25 heavy (non-hydrogen) atoms. The first-order valence-electron chi connectivity index (χ1n) is 8.90. The third kappa shape index (κ3) is 3.24. The molecule has 0 N–H and O–H groups in total. The first kappa shape index (κ1) is 16.4. The van der Waals surface area contributed by atoms with Crippen LogP contribution >= 0.6 is 0 Å². The zero-order valence-corrected chi connectivity index (χ0v) is 14.0. The number of amides is 2. The Bertz CT molecular complexity index is 640. The van der Waals surface area contributed by atoms with Gasteiger partial charge in [-0.1, -0.05) is 6.07 Å². The maximum atomic E-state index is 13.7. The minimum absolute atomic E-state index is 0.0169. The van der Waals surface area contributed by atoms with Crippen LogP contribution in [0.4, 0.5) is 13.6 Å². The highest BCUT2D eigenvalue weighted by Crippen LogP contribution is 2.36. The molecule has 0 spiro atoms. The van der Waals surface area contributed by atoms with Gasteiger partial charge in [-0.05, 0) is 30.4 Å². The van der Waals surface area contributed by atoms with Crippen LogP contribution in [0.15, 0.2) is 29.6 Å². The molecule has 0 bridgehead atoms. The van der Waals surface area contributed by atoms with Gasteiger partial charge < -0.3 is 4.90 Å². The standard InChI is InChI=1S/C18H22F2N4O/c19-15-6-13(7-16(20)8-15)17-3-5-22-24(17)18(25)23-10-14(11-23)12-2-1-4-21-9-12/h1-2,4-5,9,13-17H,3,6-8,10-11H2/t13?,15?,16?,17-/m0/s1. The Morgan fingerprint density at radius 2 is 1.92 bits per heavy atom. The van der Waals surface area contributed by atoms with Crippen LogP contribution in [0.5, 0.6) is 0 Å². The molecule has 2 unspecified atom stereocenters. The van der Waals surface area contributed by atoms with Gasteiger partial charge in [-0.25, -0.2) is 18.6 Å². The molecule has 134 valence electrons. The molecule has 3 atom stereocenters. The number of halogens is 2. The summed E-state index contributed by atoms with van der Waals surface area (Å²) < 4.78 is 27.5. The summed E-state index contributed by atoms with van der Waals surface area (Å²) in [5, 5.41) is 5.66. The van der Waals surface area contributed by atoms with E-state index in [1.54, 1.807) is 17.3 Å². The van der Waals surface area contributed by atoms with E-state index in [1.165, 1.54) is 5.01 Å². The predicted molar refractivity (Wildman–Crippen MR) is 89.8 cm³/mol. The van der Waals surface area contributed by atoms with Gasteiger partial charge in [-0.15, -0.1) is 0 Å². The molecule has 0 radical (unpaired) electrons. The van der Waals surface area contributed by atoms with Gasteiger partial charge in [0.25, 0.3) is 0 Å². The third-order valence-corrected chi connectivity index (χ3v) is 5.54. The van der Waals surface area contributed by atoms with Crippen LogP contribution in [0, 0.1) is 5.92 Å². The van der Waals surface area contributed by atoms with Gasteiger partial charge in [0.2, 0.25) is 0 Å². The molecule has 2 fully saturated rings. The number of hydrogen-bond acceptors (Lipinski definition) is 3. The lowest BCUT2D eigenvalue weighted by molar-refractivity contribution is 0.0538. The maximum absolute atomic E-state index is 13.7. The summed E-state index contributed by atoms with van der Waals surface area (Å²) in [4.78, 5) is 18.6. The van der Waals surface area contributed by atoms with Crippen molar-refractivity contribution in [3.05, 3.63) is 30.1 Å². The smallest absolute Gasteiger partial charge is 0.322 e. The van der Waals surface area contributed by atoms with Gasteiger partial charge in [-0.3, -0.25) is 4.98 Å². The Hall–Kier alpha value is -2.05. The van der Waals surface area contributed by atoms with Gasteiger partial charge >= 0.3 is 6.03 Å². The number of carbonyl (C=O) groups excluding carboxylic acids is 1. The largest absolute Gasteiger partial charge is 0.340 e. The van der Waals surface area contributed by atoms with Crippen molar-refractivity contribution in [1.82, 2.24) is 14.9 Å². The SMILES string of the molecule is O=C(N1CC(c2cccnc2)C1)N1N=CC[C@H]1C1CC(F)CC(F)C1. The highest BCUT2D eigenvalue weighted by molar-refractivity contribution is 5.79. The quantitative estimate of drug-likeness (QED) is 0.824. The van der Waals surface area contributed by atoms with Crippen LogP contribution in [0.3, 0.4) is 0 Å². The fourth-order valence-electron chi connectivity index (χ4n) is 4.16. The van der Waals surface area contributed by atoms with Gasteiger partial charge in [0, 0.05) is 50.5 Å². The minimum Gasteiger partial charge on any atom is -0.322 e. The minimum atomic E-state index is -1.12. The number of hydrogen-bond donors (Lipinski definition) is 0. The zero-order valence-electron chi connectivity index (χ0n) is 14.0. The lowest BCUT2D eigenvalue weighted by Gasteiger charge is -2.43. The molecule has 1 aromatic rings. The Morgan fingerprint density at radius 3 is 2.60 bits per heavy atom. The molecular formula is C18H22F2N4O. The number of alkyl halides is 2.